The topological polar surface area (TPSA) is 80.7 Å². The molecule has 2 rings (SSSR count). The van der Waals surface area contributed by atoms with Crippen LogP contribution in [0.4, 0.5) is 0 Å². The predicted octanol–water partition coefficient (Wildman–Crippen LogP) is 3.91. The second-order valence-corrected chi connectivity index (χ2v) is 9.18. The van der Waals surface area contributed by atoms with Crippen LogP contribution in [0.3, 0.4) is 0 Å². The van der Waals surface area contributed by atoms with Gasteiger partial charge in [0.25, 0.3) is 0 Å². The number of aryl methyl sites for hydroxylation is 2. The van der Waals surface area contributed by atoms with Crippen LogP contribution in [-0.4, -0.2) is 37.6 Å². The summed E-state index contributed by atoms with van der Waals surface area (Å²) < 4.78 is 30.1. The third-order valence-corrected chi connectivity index (χ3v) is 6.90. The largest absolute Gasteiger partial charge is 0.497 e. The van der Waals surface area contributed by atoms with E-state index in [0.717, 1.165) is 30.6 Å². The van der Waals surface area contributed by atoms with Crippen molar-refractivity contribution in [2.45, 2.75) is 43.8 Å². The summed E-state index contributed by atoms with van der Waals surface area (Å²) in [6, 6.07) is 17.1. The van der Waals surface area contributed by atoms with Gasteiger partial charge in [-0.1, -0.05) is 55.3 Å². The number of rotatable bonds is 12. The Morgan fingerprint density at radius 3 is 2.18 bits per heavy atom. The van der Waals surface area contributed by atoms with E-state index in [9.17, 15) is 18.3 Å². The normalized spacial score (nSPS) is 12.5. The summed E-state index contributed by atoms with van der Waals surface area (Å²) in [6.07, 6.45) is 3.65. The molecule has 0 aromatic heterocycles. The van der Waals surface area contributed by atoms with Crippen molar-refractivity contribution >= 4 is 15.8 Å². The van der Waals surface area contributed by atoms with E-state index in [1.54, 1.807) is 7.11 Å². The number of methoxy groups -OCH3 is 1. The third-order valence-electron chi connectivity index (χ3n) is 4.82. The van der Waals surface area contributed by atoms with Crippen LogP contribution in [-0.2, 0) is 27.5 Å². The van der Waals surface area contributed by atoms with Crippen molar-refractivity contribution < 1.29 is 23.1 Å². The predicted molar refractivity (Wildman–Crippen MR) is 111 cm³/mol. The van der Waals surface area contributed by atoms with E-state index < -0.39 is 21.1 Å². The van der Waals surface area contributed by atoms with Crippen LogP contribution in [0, 0.1) is 0 Å². The fourth-order valence-corrected chi connectivity index (χ4v) is 4.77. The molecular formula is C22H28O5S. The SMILES string of the molecule is COc1ccc(CCCCCC(C(=O)O)S(=O)(=O)CCc2ccccc2)cc1. The lowest BCUT2D eigenvalue weighted by Gasteiger charge is -2.13. The first-order valence-corrected chi connectivity index (χ1v) is 11.2. The van der Waals surface area contributed by atoms with E-state index in [-0.39, 0.29) is 12.2 Å². The Morgan fingerprint density at radius 2 is 1.57 bits per heavy atom. The zero-order valence-electron chi connectivity index (χ0n) is 16.2. The lowest BCUT2D eigenvalue weighted by atomic mass is 10.1. The van der Waals surface area contributed by atoms with Crippen LogP contribution in [0.25, 0.3) is 0 Å². The molecule has 0 bridgehead atoms. The minimum absolute atomic E-state index is 0.139. The van der Waals surface area contributed by atoms with Gasteiger partial charge in [-0.3, -0.25) is 4.79 Å². The molecule has 0 radical (unpaired) electrons. The fraction of sp³-hybridized carbons (Fsp3) is 0.409. The quantitative estimate of drug-likeness (QED) is 0.543. The van der Waals surface area contributed by atoms with Crippen molar-refractivity contribution in [3.8, 4) is 5.75 Å². The molecular weight excluding hydrogens is 376 g/mol. The van der Waals surface area contributed by atoms with Crippen LogP contribution >= 0.6 is 0 Å². The monoisotopic (exact) mass is 404 g/mol. The number of carbonyl (C=O) groups is 1. The maximum Gasteiger partial charge on any atom is 0.321 e. The Labute approximate surface area is 167 Å². The van der Waals surface area contributed by atoms with Gasteiger partial charge in [-0.05, 0) is 48.9 Å². The third kappa shape index (κ3) is 7.00. The van der Waals surface area contributed by atoms with Gasteiger partial charge in [0.05, 0.1) is 12.9 Å². The molecule has 0 amide bonds. The average molecular weight is 405 g/mol. The van der Waals surface area contributed by atoms with Crippen molar-refractivity contribution in [3.63, 3.8) is 0 Å². The molecule has 0 aliphatic heterocycles. The average Bonchev–Trinajstić information content (AvgIpc) is 2.70. The number of hydrogen-bond donors (Lipinski definition) is 1. The molecule has 5 nitrogen and oxygen atoms in total. The van der Waals surface area contributed by atoms with E-state index >= 15 is 0 Å². The summed E-state index contributed by atoms with van der Waals surface area (Å²) in [5, 5.41) is 8.08. The summed E-state index contributed by atoms with van der Waals surface area (Å²) in [5.74, 6) is -0.572. The zero-order valence-corrected chi connectivity index (χ0v) is 17.0. The van der Waals surface area contributed by atoms with Gasteiger partial charge < -0.3 is 9.84 Å². The van der Waals surface area contributed by atoms with Crippen LogP contribution in [0.5, 0.6) is 5.75 Å². The Balaban J connectivity index is 1.78. The Bertz CT molecular complexity index is 829. The van der Waals surface area contributed by atoms with Crippen LogP contribution in [0.15, 0.2) is 54.6 Å². The maximum absolute atomic E-state index is 12.5. The van der Waals surface area contributed by atoms with Crippen LogP contribution in [0.1, 0.15) is 36.8 Å². The molecule has 1 N–H and O–H groups in total. The molecule has 0 aliphatic rings. The van der Waals surface area contributed by atoms with Crippen molar-refractivity contribution in [2.24, 2.45) is 0 Å². The first kappa shape index (κ1) is 22.0. The molecule has 1 atom stereocenters. The number of benzene rings is 2. The van der Waals surface area contributed by atoms with E-state index in [0.29, 0.717) is 12.8 Å². The molecule has 2 aromatic rings. The number of aliphatic carboxylic acids is 1. The maximum atomic E-state index is 12.5. The first-order valence-electron chi connectivity index (χ1n) is 9.53. The summed E-state index contributed by atoms with van der Waals surface area (Å²) in [6.45, 7) is 0. The van der Waals surface area contributed by atoms with Crippen molar-refractivity contribution in [3.05, 3.63) is 65.7 Å². The molecule has 28 heavy (non-hydrogen) atoms. The summed E-state index contributed by atoms with van der Waals surface area (Å²) in [7, 11) is -2.05. The van der Waals surface area contributed by atoms with Gasteiger partial charge in [-0.2, -0.15) is 0 Å². The molecule has 0 saturated heterocycles. The van der Waals surface area contributed by atoms with Crippen LogP contribution < -0.4 is 4.74 Å². The summed E-state index contributed by atoms with van der Waals surface area (Å²) in [5.41, 5.74) is 2.08. The Hall–Kier alpha value is -2.34. The number of ether oxygens (including phenoxy) is 1. The lowest BCUT2D eigenvalue weighted by molar-refractivity contribution is -0.136. The lowest BCUT2D eigenvalue weighted by Crippen LogP contribution is -2.32. The molecule has 1 unspecified atom stereocenters. The molecule has 0 aliphatic carbocycles. The summed E-state index contributed by atoms with van der Waals surface area (Å²) >= 11 is 0. The standard InChI is InChI=1S/C22H28O5S/c1-27-20-14-12-19(13-15-20)10-6-3-7-11-21(22(23)24)28(25,26)17-16-18-8-4-2-5-9-18/h2,4-5,8-9,12-15,21H,3,6-7,10-11,16-17H2,1H3,(H,23,24). The van der Waals surface area contributed by atoms with Crippen molar-refractivity contribution in [2.75, 3.05) is 12.9 Å². The fourth-order valence-electron chi connectivity index (χ4n) is 3.13. The molecule has 0 saturated carbocycles. The second-order valence-electron chi connectivity index (χ2n) is 6.88. The molecule has 152 valence electrons. The second kappa shape index (κ2) is 10.9. The Morgan fingerprint density at radius 1 is 0.929 bits per heavy atom. The highest BCUT2D eigenvalue weighted by Crippen LogP contribution is 2.17. The van der Waals surface area contributed by atoms with Gasteiger partial charge in [0, 0.05) is 0 Å². The van der Waals surface area contributed by atoms with Gasteiger partial charge in [-0.15, -0.1) is 0 Å². The molecule has 0 heterocycles. The Kier molecular flexibility index (Phi) is 8.51. The number of carboxylic acid groups (broad SMARTS) is 1. The number of hydrogen-bond acceptors (Lipinski definition) is 4. The molecule has 6 heteroatoms. The highest BCUT2D eigenvalue weighted by molar-refractivity contribution is 7.92. The van der Waals surface area contributed by atoms with Gasteiger partial charge in [0.15, 0.2) is 15.1 Å². The van der Waals surface area contributed by atoms with Gasteiger partial charge in [0.1, 0.15) is 5.75 Å². The van der Waals surface area contributed by atoms with Gasteiger partial charge in [0.2, 0.25) is 0 Å². The van der Waals surface area contributed by atoms with Gasteiger partial charge >= 0.3 is 5.97 Å². The minimum atomic E-state index is -3.68. The highest BCUT2D eigenvalue weighted by atomic mass is 32.2. The number of carboxylic acids is 1. The van der Waals surface area contributed by atoms with Crippen LogP contribution in [0.2, 0.25) is 0 Å². The first-order chi connectivity index (χ1) is 13.4. The molecule has 2 aromatic carbocycles. The van der Waals surface area contributed by atoms with E-state index in [4.69, 9.17) is 4.74 Å². The molecule has 0 spiro atoms. The number of unbranched alkanes of at least 4 members (excludes halogenated alkanes) is 2. The van der Waals surface area contributed by atoms with E-state index in [1.165, 1.54) is 5.56 Å². The van der Waals surface area contributed by atoms with E-state index in [1.807, 2.05) is 54.6 Å². The van der Waals surface area contributed by atoms with Crippen molar-refractivity contribution in [1.82, 2.24) is 0 Å². The smallest absolute Gasteiger partial charge is 0.321 e. The highest BCUT2D eigenvalue weighted by Gasteiger charge is 2.31. The van der Waals surface area contributed by atoms with Crippen molar-refractivity contribution in [1.29, 1.82) is 0 Å². The van der Waals surface area contributed by atoms with Gasteiger partial charge in [-0.25, -0.2) is 8.42 Å². The van der Waals surface area contributed by atoms with E-state index in [2.05, 4.69) is 0 Å². The molecule has 0 fully saturated rings. The summed E-state index contributed by atoms with van der Waals surface area (Å²) in [4.78, 5) is 11.5. The number of sulfone groups is 1. The zero-order chi connectivity index (χ0) is 20.4. The minimum Gasteiger partial charge on any atom is -0.497 e.